The van der Waals surface area contributed by atoms with Crippen LogP contribution in [0.2, 0.25) is 0 Å². The van der Waals surface area contributed by atoms with Gasteiger partial charge in [-0.2, -0.15) is 5.10 Å². The van der Waals surface area contributed by atoms with Crippen LogP contribution in [-0.2, 0) is 19.6 Å². The van der Waals surface area contributed by atoms with Gasteiger partial charge in [0, 0.05) is 30.6 Å². The summed E-state index contributed by atoms with van der Waals surface area (Å²) in [4.78, 5) is 11.4. The summed E-state index contributed by atoms with van der Waals surface area (Å²) < 4.78 is 2.15. The molecule has 0 atom stereocenters. The molecule has 4 nitrogen and oxygen atoms in total. The molecule has 5 rings (SSSR count). The zero-order chi connectivity index (χ0) is 21.2. The van der Waals surface area contributed by atoms with Crippen LogP contribution in [0.1, 0.15) is 41.3 Å². The average molecular weight is 410 g/mol. The number of benzene rings is 3. The second kappa shape index (κ2) is 8.48. The minimum Gasteiger partial charge on any atom is -0.309 e. The first-order valence-electron chi connectivity index (χ1n) is 11.0. The molecule has 1 aliphatic carbocycles. The zero-order valence-electron chi connectivity index (χ0n) is 17.8. The minimum atomic E-state index is 0.103. The summed E-state index contributed by atoms with van der Waals surface area (Å²) in [6.07, 6.45) is 4.67. The van der Waals surface area contributed by atoms with Crippen molar-refractivity contribution in [1.29, 1.82) is 0 Å². The molecule has 1 aliphatic rings. The van der Waals surface area contributed by atoms with Gasteiger partial charge in [0.15, 0.2) is 5.78 Å². The maximum atomic E-state index is 11.4. The second-order valence-corrected chi connectivity index (χ2v) is 8.60. The molecule has 1 heterocycles. The summed E-state index contributed by atoms with van der Waals surface area (Å²) in [5.41, 5.74) is 6.86. The third kappa shape index (κ3) is 4.59. The number of carbonyl (C=O) groups is 1. The van der Waals surface area contributed by atoms with Gasteiger partial charge < -0.3 is 5.32 Å². The highest BCUT2D eigenvalue weighted by atomic mass is 16.1. The van der Waals surface area contributed by atoms with Gasteiger partial charge in [-0.3, -0.25) is 9.48 Å². The Bertz CT molecular complexity index is 1200. The first-order chi connectivity index (χ1) is 15.2. The van der Waals surface area contributed by atoms with E-state index in [0.717, 1.165) is 31.1 Å². The summed E-state index contributed by atoms with van der Waals surface area (Å²) >= 11 is 0. The van der Waals surface area contributed by atoms with Crippen LogP contribution in [0.3, 0.4) is 0 Å². The largest absolute Gasteiger partial charge is 0.309 e. The van der Waals surface area contributed by atoms with E-state index in [1.807, 2.05) is 30.5 Å². The van der Waals surface area contributed by atoms with Gasteiger partial charge in [-0.25, -0.2) is 0 Å². The lowest BCUT2D eigenvalue weighted by Gasteiger charge is -2.08. The van der Waals surface area contributed by atoms with Crippen molar-refractivity contribution in [2.45, 2.75) is 39.4 Å². The summed E-state index contributed by atoms with van der Waals surface area (Å²) in [6, 6.07) is 23.2. The van der Waals surface area contributed by atoms with Crippen molar-refractivity contribution >= 4 is 16.7 Å². The number of nitrogens with one attached hydrogen (secondary N) is 1. The van der Waals surface area contributed by atoms with Crippen LogP contribution in [0.4, 0.5) is 0 Å². The Morgan fingerprint density at radius 1 is 0.935 bits per heavy atom. The molecule has 0 bridgehead atoms. The molecule has 1 saturated carbocycles. The molecule has 0 unspecified atom stereocenters. The number of Topliss-reactive ketones (excluding diaryl/α,β-unsaturated/α-hetero) is 1. The molecule has 3 aromatic carbocycles. The first-order valence-corrected chi connectivity index (χ1v) is 11.0. The minimum absolute atomic E-state index is 0.103. The predicted molar refractivity (Wildman–Crippen MR) is 125 cm³/mol. The highest BCUT2D eigenvalue weighted by Gasteiger charge is 2.22. The van der Waals surface area contributed by atoms with Gasteiger partial charge in [0.05, 0.1) is 11.7 Å². The van der Waals surface area contributed by atoms with E-state index in [-0.39, 0.29) is 5.78 Å². The third-order valence-corrected chi connectivity index (χ3v) is 6.08. The summed E-state index contributed by atoms with van der Waals surface area (Å²) in [5.74, 6) is 0.926. The summed E-state index contributed by atoms with van der Waals surface area (Å²) in [6.45, 7) is 4.23. The van der Waals surface area contributed by atoms with Crippen LogP contribution in [-0.4, -0.2) is 15.6 Å². The van der Waals surface area contributed by atoms with Crippen molar-refractivity contribution in [1.82, 2.24) is 15.1 Å². The van der Waals surface area contributed by atoms with Gasteiger partial charge in [0.1, 0.15) is 0 Å². The van der Waals surface area contributed by atoms with Crippen LogP contribution >= 0.6 is 0 Å². The summed E-state index contributed by atoms with van der Waals surface area (Å²) in [7, 11) is 0. The van der Waals surface area contributed by atoms with E-state index in [4.69, 9.17) is 0 Å². The van der Waals surface area contributed by atoms with Gasteiger partial charge in [0.2, 0.25) is 0 Å². The van der Waals surface area contributed by atoms with E-state index in [2.05, 4.69) is 57.6 Å². The maximum Gasteiger partial charge on any atom is 0.159 e. The Morgan fingerprint density at radius 3 is 2.23 bits per heavy atom. The van der Waals surface area contributed by atoms with Crippen molar-refractivity contribution in [3.63, 3.8) is 0 Å². The SMILES string of the molecule is CC(=O)c1ccc(CNCc2ccc(-c3ccc4c(cnn4CC4CC4)c3)cc2)cc1. The molecule has 0 spiro atoms. The molecule has 0 aliphatic heterocycles. The molecule has 156 valence electrons. The number of ketones is 1. The van der Waals surface area contributed by atoms with E-state index in [0.29, 0.717) is 0 Å². The highest BCUT2D eigenvalue weighted by molar-refractivity contribution is 5.94. The van der Waals surface area contributed by atoms with Crippen LogP contribution < -0.4 is 5.32 Å². The van der Waals surface area contributed by atoms with Gasteiger partial charge in [-0.1, -0.05) is 54.6 Å². The van der Waals surface area contributed by atoms with E-state index >= 15 is 0 Å². The Hall–Kier alpha value is -3.24. The highest BCUT2D eigenvalue weighted by Crippen LogP contribution is 2.32. The van der Waals surface area contributed by atoms with E-state index in [9.17, 15) is 4.79 Å². The molecule has 1 aromatic heterocycles. The Balaban J connectivity index is 1.21. The van der Waals surface area contributed by atoms with Gasteiger partial charge in [-0.05, 0) is 60.1 Å². The van der Waals surface area contributed by atoms with Gasteiger partial charge >= 0.3 is 0 Å². The molecular formula is C27H27N3O. The van der Waals surface area contributed by atoms with Crippen molar-refractivity contribution < 1.29 is 4.79 Å². The fourth-order valence-electron chi connectivity index (χ4n) is 3.98. The zero-order valence-corrected chi connectivity index (χ0v) is 17.8. The number of nitrogens with zero attached hydrogens (tertiary/aromatic N) is 2. The van der Waals surface area contributed by atoms with Crippen molar-refractivity contribution in [2.24, 2.45) is 5.92 Å². The lowest BCUT2D eigenvalue weighted by Crippen LogP contribution is -2.12. The lowest BCUT2D eigenvalue weighted by atomic mass is 10.0. The molecule has 0 radical (unpaired) electrons. The smallest absolute Gasteiger partial charge is 0.159 e. The number of hydrogen-bond donors (Lipinski definition) is 1. The van der Waals surface area contributed by atoms with Crippen molar-refractivity contribution in [3.8, 4) is 11.1 Å². The van der Waals surface area contributed by atoms with Gasteiger partial charge in [0.25, 0.3) is 0 Å². The predicted octanol–water partition coefficient (Wildman–Crippen LogP) is 5.61. The van der Waals surface area contributed by atoms with Crippen molar-refractivity contribution in [3.05, 3.63) is 89.6 Å². The molecule has 0 amide bonds. The number of fused-ring (bicyclic) bond motifs is 1. The third-order valence-electron chi connectivity index (χ3n) is 6.08. The molecular weight excluding hydrogens is 382 g/mol. The topological polar surface area (TPSA) is 46.9 Å². The van der Waals surface area contributed by atoms with E-state index in [1.54, 1.807) is 6.92 Å². The molecule has 1 fully saturated rings. The quantitative estimate of drug-likeness (QED) is 0.385. The Labute approximate surface area is 182 Å². The molecule has 4 heteroatoms. The van der Waals surface area contributed by atoms with E-state index in [1.165, 1.54) is 46.0 Å². The molecule has 4 aromatic rings. The second-order valence-electron chi connectivity index (χ2n) is 8.60. The summed E-state index contributed by atoms with van der Waals surface area (Å²) in [5, 5.41) is 9.27. The van der Waals surface area contributed by atoms with Crippen LogP contribution in [0.5, 0.6) is 0 Å². The fourth-order valence-corrected chi connectivity index (χ4v) is 3.98. The lowest BCUT2D eigenvalue weighted by molar-refractivity contribution is 0.101. The van der Waals surface area contributed by atoms with Gasteiger partial charge in [-0.15, -0.1) is 0 Å². The normalized spacial score (nSPS) is 13.6. The number of aromatic nitrogens is 2. The Kier molecular flexibility index (Phi) is 5.39. The maximum absolute atomic E-state index is 11.4. The fraction of sp³-hybridized carbons (Fsp3) is 0.259. The molecule has 1 N–H and O–H groups in total. The standard InChI is InChI=1S/C27H27N3O/c1-19(31)23-8-4-20(5-9-23)15-28-16-21-6-10-24(11-7-21)25-12-13-27-26(14-25)17-29-30(27)18-22-2-3-22/h4-14,17,22,28H,2-3,15-16,18H2,1H3. The van der Waals surface area contributed by atoms with Crippen molar-refractivity contribution in [2.75, 3.05) is 0 Å². The van der Waals surface area contributed by atoms with Crippen LogP contribution in [0.15, 0.2) is 72.9 Å². The molecule has 31 heavy (non-hydrogen) atoms. The average Bonchev–Trinajstić information content (AvgIpc) is 3.53. The van der Waals surface area contributed by atoms with Crippen LogP contribution in [0, 0.1) is 5.92 Å². The van der Waals surface area contributed by atoms with Crippen LogP contribution in [0.25, 0.3) is 22.0 Å². The first kappa shape index (κ1) is 19.7. The number of rotatable bonds is 8. The number of hydrogen-bond acceptors (Lipinski definition) is 3. The monoisotopic (exact) mass is 409 g/mol. The number of carbonyl (C=O) groups excluding carboxylic acids is 1. The Morgan fingerprint density at radius 2 is 1.58 bits per heavy atom. The molecule has 0 saturated heterocycles. The van der Waals surface area contributed by atoms with E-state index < -0.39 is 0 Å².